The lowest BCUT2D eigenvalue weighted by Crippen LogP contribution is -2.65. The fraction of sp³-hybridized carbons (Fsp3) is 0.487. The molecule has 2 saturated carbocycles. The maximum absolute atomic E-state index is 15.2. The SMILES string of the molecule is CC(C)(C)OC(=O)c1cccc(C#Cc2ccc([C@H]3C[C@@]4(C)C(CCC4(O)C(F)(F)C(F)(F)F)C4CCC5=CC(=O)CCC5=C43)cc2)c1. The predicted molar refractivity (Wildman–Crippen MR) is 170 cm³/mol. The molecule has 0 aromatic heterocycles. The van der Waals surface area contributed by atoms with Crippen LogP contribution in [0.3, 0.4) is 0 Å². The number of halogens is 5. The Morgan fingerprint density at radius 2 is 1.62 bits per heavy atom. The fourth-order valence-electron chi connectivity index (χ4n) is 8.72. The van der Waals surface area contributed by atoms with Crippen molar-refractivity contribution in [1.29, 1.82) is 0 Å². The van der Waals surface area contributed by atoms with Crippen LogP contribution < -0.4 is 0 Å². The predicted octanol–water partition coefficient (Wildman–Crippen LogP) is 8.87. The summed E-state index contributed by atoms with van der Waals surface area (Å²) in [5.74, 6) is -0.948. The number of alkyl halides is 5. The Bertz CT molecular complexity index is 1770. The van der Waals surface area contributed by atoms with Crippen LogP contribution in [0.4, 0.5) is 22.0 Å². The molecule has 5 atom stereocenters. The van der Waals surface area contributed by atoms with Gasteiger partial charge in [-0.15, -0.1) is 0 Å². The van der Waals surface area contributed by atoms with Crippen LogP contribution in [-0.2, 0) is 9.53 Å². The molecule has 0 amide bonds. The molecule has 2 aromatic carbocycles. The normalized spacial score (nSPS) is 28.8. The number of benzene rings is 2. The molecule has 0 spiro atoms. The summed E-state index contributed by atoms with van der Waals surface area (Å²) in [6, 6.07) is 14.0. The number of esters is 1. The van der Waals surface area contributed by atoms with E-state index in [2.05, 4.69) is 11.8 Å². The summed E-state index contributed by atoms with van der Waals surface area (Å²) in [5.41, 5.74) is -0.305. The Balaban J connectivity index is 1.36. The number of hydrogen-bond acceptors (Lipinski definition) is 4. The van der Waals surface area contributed by atoms with E-state index < -0.39 is 52.9 Å². The van der Waals surface area contributed by atoms with Crippen LogP contribution in [0.25, 0.3) is 0 Å². The quantitative estimate of drug-likeness (QED) is 0.202. The van der Waals surface area contributed by atoms with Gasteiger partial charge in [0.2, 0.25) is 0 Å². The highest BCUT2D eigenvalue weighted by Crippen LogP contribution is 2.70. The third-order valence-electron chi connectivity index (χ3n) is 10.9. The van der Waals surface area contributed by atoms with Crippen molar-refractivity contribution >= 4 is 11.8 Å². The van der Waals surface area contributed by atoms with E-state index in [-0.39, 0.29) is 24.5 Å². The Morgan fingerprint density at radius 1 is 0.938 bits per heavy atom. The lowest BCUT2D eigenvalue weighted by atomic mass is 9.50. The molecule has 4 nitrogen and oxygen atoms in total. The molecule has 9 heteroatoms. The van der Waals surface area contributed by atoms with Crippen molar-refractivity contribution in [2.45, 2.75) is 102 Å². The van der Waals surface area contributed by atoms with Crippen LogP contribution in [-0.4, -0.2) is 40.2 Å². The number of aliphatic hydroxyl groups is 1. The molecule has 4 aliphatic carbocycles. The summed E-state index contributed by atoms with van der Waals surface area (Å²) in [6.07, 6.45) is -3.00. The minimum absolute atomic E-state index is 0.0321. The molecule has 0 bridgehead atoms. The smallest absolute Gasteiger partial charge is 0.456 e. The number of allylic oxidation sites excluding steroid dienone is 4. The highest BCUT2D eigenvalue weighted by Gasteiger charge is 2.79. The maximum Gasteiger partial charge on any atom is 0.456 e. The van der Waals surface area contributed by atoms with Crippen molar-refractivity contribution in [3.8, 4) is 11.8 Å². The molecule has 0 saturated heterocycles. The van der Waals surface area contributed by atoms with E-state index in [0.717, 1.165) is 22.3 Å². The van der Waals surface area contributed by atoms with Gasteiger partial charge in [-0.25, -0.2) is 4.79 Å². The molecule has 2 aromatic rings. The summed E-state index contributed by atoms with van der Waals surface area (Å²) >= 11 is 0. The number of hydrogen-bond donors (Lipinski definition) is 1. The van der Waals surface area contributed by atoms with Crippen molar-refractivity contribution in [2.24, 2.45) is 17.3 Å². The van der Waals surface area contributed by atoms with E-state index >= 15 is 8.78 Å². The molecule has 2 fully saturated rings. The minimum atomic E-state index is -5.90. The van der Waals surface area contributed by atoms with Crippen LogP contribution in [0.2, 0.25) is 0 Å². The van der Waals surface area contributed by atoms with Crippen molar-refractivity contribution in [2.75, 3.05) is 0 Å². The molecular formula is C39H39F5O4. The zero-order valence-corrected chi connectivity index (χ0v) is 27.4. The Kier molecular flexibility index (Phi) is 8.30. The van der Waals surface area contributed by atoms with Crippen molar-refractivity contribution in [3.05, 3.63) is 93.6 Å². The molecule has 0 heterocycles. The van der Waals surface area contributed by atoms with Gasteiger partial charge in [0.05, 0.1) is 5.56 Å². The summed E-state index contributed by atoms with van der Waals surface area (Å²) < 4.78 is 77.5. The maximum atomic E-state index is 15.2. The standard InChI is InChI=1S/C39H39F5O4/c1-35(2,3)48-34(46)27-7-5-6-24(20-27)9-8-23-10-12-25(13-11-23)31-22-36(4)32(18-19-37(36,47)38(40,41)39(42,43)44)30-16-14-26-21-28(45)15-17-29(26)33(30)31/h5-7,10-13,20-21,30-32,47H,14-19,22H2,1-4H3/t30?,31-,32?,36+,37?/m1/s1. The summed E-state index contributed by atoms with van der Waals surface area (Å²) in [4.78, 5) is 24.8. The number of carbonyl (C=O) groups excluding carboxylic acids is 2. The minimum Gasteiger partial charge on any atom is -0.456 e. The van der Waals surface area contributed by atoms with Gasteiger partial charge in [-0.05, 0) is 124 Å². The van der Waals surface area contributed by atoms with Gasteiger partial charge in [-0.2, -0.15) is 22.0 Å². The number of carbonyl (C=O) groups is 2. The monoisotopic (exact) mass is 666 g/mol. The van der Waals surface area contributed by atoms with Crippen molar-refractivity contribution in [1.82, 2.24) is 0 Å². The topological polar surface area (TPSA) is 63.6 Å². The molecule has 48 heavy (non-hydrogen) atoms. The van der Waals surface area contributed by atoms with Gasteiger partial charge < -0.3 is 9.84 Å². The van der Waals surface area contributed by atoms with Gasteiger partial charge in [-0.3, -0.25) is 4.79 Å². The molecule has 4 aliphatic rings. The second-order valence-electron chi connectivity index (χ2n) is 14.9. The largest absolute Gasteiger partial charge is 0.456 e. The zero-order valence-electron chi connectivity index (χ0n) is 27.4. The van der Waals surface area contributed by atoms with Crippen molar-refractivity contribution < 1.29 is 41.4 Å². The first kappa shape index (κ1) is 34.1. The zero-order chi connectivity index (χ0) is 34.9. The molecule has 6 rings (SSSR count). The van der Waals surface area contributed by atoms with Gasteiger partial charge in [0, 0.05) is 28.9 Å². The summed E-state index contributed by atoms with van der Waals surface area (Å²) in [7, 11) is 0. The molecule has 3 unspecified atom stereocenters. The van der Waals surface area contributed by atoms with Gasteiger partial charge in [0.25, 0.3) is 0 Å². The van der Waals surface area contributed by atoms with Crippen molar-refractivity contribution in [3.63, 3.8) is 0 Å². The lowest BCUT2D eigenvalue weighted by molar-refractivity contribution is -0.362. The first-order chi connectivity index (χ1) is 22.3. The van der Waals surface area contributed by atoms with Gasteiger partial charge >= 0.3 is 18.1 Å². The third-order valence-corrected chi connectivity index (χ3v) is 10.9. The second kappa shape index (κ2) is 11.7. The average Bonchev–Trinajstić information content (AvgIpc) is 3.29. The van der Waals surface area contributed by atoms with Crippen LogP contribution in [0, 0.1) is 29.1 Å². The van der Waals surface area contributed by atoms with E-state index in [1.54, 1.807) is 63.2 Å². The van der Waals surface area contributed by atoms with Crippen LogP contribution in [0.1, 0.15) is 106 Å². The highest BCUT2D eigenvalue weighted by molar-refractivity contribution is 5.93. The van der Waals surface area contributed by atoms with Gasteiger partial charge in [-0.1, -0.05) is 42.5 Å². The average molecular weight is 667 g/mol. The Hall–Kier alpha value is -3.77. The number of ketones is 1. The van der Waals surface area contributed by atoms with E-state index in [0.29, 0.717) is 42.4 Å². The molecule has 0 radical (unpaired) electrons. The van der Waals surface area contributed by atoms with E-state index in [4.69, 9.17) is 4.74 Å². The van der Waals surface area contributed by atoms with E-state index in [9.17, 15) is 27.9 Å². The van der Waals surface area contributed by atoms with Gasteiger partial charge in [0.15, 0.2) is 5.78 Å². The van der Waals surface area contributed by atoms with E-state index in [1.807, 2.05) is 12.1 Å². The molecule has 0 aliphatic heterocycles. The number of rotatable bonds is 3. The second-order valence-corrected chi connectivity index (χ2v) is 14.9. The van der Waals surface area contributed by atoms with E-state index in [1.165, 1.54) is 6.92 Å². The first-order valence-electron chi connectivity index (χ1n) is 16.4. The number of fused-ring (bicyclic) bond motifs is 4. The first-order valence-corrected chi connectivity index (χ1v) is 16.4. The lowest BCUT2D eigenvalue weighted by Gasteiger charge is -2.56. The Morgan fingerprint density at radius 3 is 2.29 bits per heavy atom. The van der Waals surface area contributed by atoms with Crippen LogP contribution in [0.15, 0.2) is 71.3 Å². The molecule has 254 valence electrons. The molecular weight excluding hydrogens is 627 g/mol. The van der Waals surface area contributed by atoms with Crippen LogP contribution in [0.5, 0.6) is 0 Å². The molecule has 1 N–H and O–H groups in total. The number of ether oxygens (including phenoxy) is 1. The summed E-state index contributed by atoms with van der Waals surface area (Å²) in [5, 5.41) is 11.5. The summed E-state index contributed by atoms with van der Waals surface area (Å²) in [6.45, 7) is 6.77. The fourth-order valence-corrected chi connectivity index (χ4v) is 8.72. The van der Waals surface area contributed by atoms with Crippen LogP contribution >= 0.6 is 0 Å². The highest BCUT2D eigenvalue weighted by atomic mass is 19.4. The third kappa shape index (κ3) is 5.70. The Labute approximate surface area is 277 Å². The van der Waals surface area contributed by atoms with Gasteiger partial charge in [0.1, 0.15) is 11.2 Å².